The van der Waals surface area contributed by atoms with E-state index >= 15 is 0 Å². The molecule has 1 aromatic rings. The van der Waals surface area contributed by atoms with Crippen LogP contribution in [0.3, 0.4) is 0 Å². The Labute approximate surface area is 86.7 Å². The van der Waals surface area contributed by atoms with Crippen LogP contribution in [0.2, 0.25) is 0 Å². The van der Waals surface area contributed by atoms with Gasteiger partial charge in [0, 0.05) is 12.7 Å². The molecule has 0 heterocycles. The molecular formula is C10H12BrNO. The molecule has 0 N–H and O–H groups in total. The third-order valence-electron chi connectivity index (χ3n) is 1.81. The Balaban J connectivity index is 2.80. The zero-order valence-electron chi connectivity index (χ0n) is 7.70. The number of amides is 1. The van der Waals surface area contributed by atoms with Crippen LogP contribution in [-0.2, 0) is 4.79 Å². The van der Waals surface area contributed by atoms with Gasteiger partial charge in [0.05, 0.1) is 4.83 Å². The average molecular weight is 242 g/mol. The zero-order chi connectivity index (χ0) is 9.84. The topological polar surface area (TPSA) is 20.3 Å². The molecule has 0 spiro atoms. The van der Waals surface area contributed by atoms with Gasteiger partial charge in [-0.05, 0) is 19.1 Å². The largest absolute Gasteiger partial charge is 0.315 e. The van der Waals surface area contributed by atoms with Gasteiger partial charge in [-0.15, -0.1) is 0 Å². The van der Waals surface area contributed by atoms with Crippen molar-refractivity contribution >= 4 is 27.5 Å². The van der Waals surface area contributed by atoms with Gasteiger partial charge in [-0.1, -0.05) is 34.1 Å². The number of hydrogen-bond acceptors (Lipinski definition) is 1. The van der Waals surface area contributed by atoms with Crippen molar-refractivity contribution in [2.24, 2.45) is 0 Å². The second kappa shape index (κ2) is 4.42. The summed E-state index contributed by atoms with van der Waals surface area (Å²) in [6.07, 6.45) is 0. The quantitative estimate of drug-likeness (QED) is 0.729. The first-order valence-electron chi connectivity index (χ1n) is 4.09. The second-order valence-corrected chi connectivity index (χ2v) is 4.22. The molecule has 1 amide bonds. The van der Waals surface area contributed by atoms with E-state index in [0.29, 0.717) is 0 Å². The summed E-state index contributed by atoms with van der Waals surface area (Å²) in [7, 11) is 1.77. The fourth-order valence-electron chi connectivity index (χ4n) is 1.05. The molecule has 0 aliphatic heterocycles. The maximum Gasteiger partial charge on any atom is 0.240 e. The van der Waals surface area contributed by atoms with Crippen molar-refractivity contribution in [3.8, 4) is 0 Å². The number of halogens is 1. The van der Waals surface area contributed by atoms with Crippen molar-refractivity contribution in [2.75, 3.05) is 11.9 Å². The van der Waals surface area contributed by atoms with Gasteiger partial charge in [0.15, 0.2) is 0 Å². The first-order valence-corrected chi connectivity index (χ1v) is 5.01. The highest BCUT2D eigenvalue weighted by Crippen LogP contribution is 2.14. The Bertz CT molecular complexity index is 284. The summed E-state index contributed by atoms with van der Waals surface area (Å²) in [5.74, 6) is 0.0613. The predicted molar refractivity (Wildman–Crippen MR) is 58.2 cm³/mol. The number of carbonyl (C=O) groups is 1. The van der Waals surface area contributed by atoms with E-state index in [1.807, 2.05) is 37.3 Å². The third-order valence-corrected chi connectivity index (χ3v) is 2.21. The van der Waals surface area contributed by atoms with Crippen molar-refractivity contribution in [1.82, 2.24) is 0 Å². The smallest absolute Gasteiger partial charge is 0.240 e. The van der Waals surface area contributed by atoms with Crippen LogP contribution in [0.25, 0.3) is 0 Å². The van der Waals surface area contributed by atoms with Gasteiger partial charge < -0.3 is 4.90 Å². The van der Waals surface area contributed by atoms with E-state index in [-0.39, 0.29) is 10.7 Å². The molecule has 13 heavy (non-hydrogen) atoms. The highest BCUT2D eigenvalue weighted by Gasteiger charge is 2.14. The first-order chi connectivity index (χ1) is 6.13. The Kier molecular flexibility index (Phi) is 3.48. The molecule has 0 saturated heterocycles. The van der Waals surface area contributed by atoms with Crippen molar-refractivity contribution < 1.29 is 4.79 Å². The fourth-order valence-corrected chi connectivity index (χ4v) is 1.35. The van der Waals surface area contributed by atoms with Crippen LogP contribution < -0.4 is 4.90 Å². The minimum atomic E-state index is -0.141. The lowest BCUT2D eigenvalue weighted by Crippen LogP contribution is -2.31. The maximum absolute atomic E-state index is 11.5. The Hall–Kier alpha value is -0.830. The van der Waals surface area contributed by atoms with Crippen LogP contribution in [0.4, 0.5) is 5.69 Å². The van der Waals surface area contributed by atoms with Crippen LogP contribution in [0.15, 0.2) is 30.3 Å². The Morgan fingerprint density at radius 2 is 1.92 bits per heavy atom. The van der Waals surface area contributed by atoms with E-state index in [1.54, 1.807) is 11.9 Å². The summed E-state index contributed by atoms with van der Waals surface area (Å²) < 4.78 is 0. The summed E-state index contributed by atoms with van der Waals surface area (Å²) >= 11 is 3.25. The molecule has 0 bridgehead atoms. The zero-order valence-corrected chi connectivity index (χ0v) is 9.28. The summed E-state index contributed by atoms with van der Waals surface area (Å²) in [5.41, 5.74) is 0.916. The SMILES string of the molecule is CC(Br)C(=O)N(C)c1ccccc1. The number of alkyl halides is 1. The van der Waals surface area contributed by atoms with Crippen LogP contribution >= 0.6 is 15.9 Å². The lowest BCUT2D eigenvalue weighted by atomic mass is 10.3. The van der Waals surface area contributed by atoms with E-state index in [4.69, 9.17) is 0 Å². The molecule has 1 rings (SSSR count). The predicted octanol–water partition coefficient (Wildman–Crippen LogP) is 2.43. The van der Waals surface area contributed by atoms with Gasteiger partial charge in [-0.25, -0.2) is 0 Å². The van der Waals surface area contributed by atoms with Gasteiger partial charge >= 0.3 is 0 Å². The minimum Gasteiger partial charge on any atom is -0.315 e. The van der Waals surface area contributed by atoms with Crippen LogP contribution in [0, 0.1) is 0 Å². The number of para-hydroxylation sites is 1. The summed E-state index contributed by atoms with van der Waals surface area (Å²) in [6.45, 7) is 1.82. The molecular weight excluding hydrogens is 230 g/mol. The molecule has 2 nitrogen and oxygen atoms in total. The molecule has 0 fully saturated rings. The number of hydrogen-bond donors (Lipinski definition) is 0. The molecule has 0 aliphatic rings. The lowest BCUT2D eigenvalue weighted by molar-refractivity contribution is -0.117. The molecule has 0 saturated carbocycles. The van der Waals surface area contributed by atoms with E-state index in [1.165, 1.54) is 0 Å². The molecule has 1 aromatic carbocycles. The van der Waals surface area contributed by atoms with E-state index < -0.39 is 0 Å². The number of rotatable bonds is 2. The number of benzene rings is 1. The van der Waals surface area contributed by atoms with Crippen molar-refractivity contribution in [3.05, 3.63) is 30.3 Å². The Morgan fingerprint density at radius 3 is 2.38 bits per heavy atom. The van der Waals surface area contributed by atoms with E-state index in [2.05, 4.69) is 15.9 Å². The third kappa shape index (κ3) is 2.56. The Morgan fingerprint density at radius 1 is 1.38 bits per heavy atom. The highest BCUT2D eigenvalue weighted by atomic mass is 79.9. The van der Waals surface area contributed by atoms with Crippen molar-refractivity contribution in [2.45, 2.75) is 11.8 Å². The number of nitrogens with zero attached hydrogens (tertiary/aromatic N) is 1. The molecule has 0 aliphatic carbocycles. The molecule has 1 unspecified atom stereocenters. The molecule has 0 aromatic heterocycles. The van der Waals surface area contributed by atoms with E-state index in [9.17, 15) is 4.79 Å². The van der Waals surface area contributed by atoms with Crippen LogP contribution in [0.5, 0.6) is 0 Å². The minimum absolute atomic E-state index is 0.0613. The lowest BCUT2D eigenvalue weighted by Gasteiger charge is -2.18. The van der Waals surface area contributed by atoms with Crippen molar-refractivity contribution in [3.63, 3.8) is 0 Å². The standard InChI is InChI=1S/C10H12BrNO/c1-8(11)10(13)12(2)9-6-4-3-5-7-9/h3-8H,1-2H3. The fraction of sp³-hybridized carbons (Fsp3) is 0.300. The second-order valence-electron chi connectivity index (χ2n) is 2.85. The maximum atomic E-state index is 11.5. The monoisotopic (exact) mass is 241 g/mol. The first kappa shape index (κ1) is 10.3. The number of carbonyl (C=O) groups excluding carboxylic acids is 1. The normalized spacial score (nSPS) is 12.2. The number of anilines is 1. The molecule has 1 atom stereocenters. The molecule has 70 valence electrons. The highest BCUT2D eigenvalue weighted by molar-refractivity contribution is 9.10. The summed E-state index contributed by atoms with van der Waals surface area (Å²) in [4.78, 5) is 13.0. The van der Waals surface area contributed by atoms with Gasteiger partial charge in [-0.3, -0.25) is 4.79 Å². The van der Waals surface area contributed by atoms with E-state index in [0.717, 1.165) is 5.69 Å². The van der Waals surface area contributed by atoms with Gasteiger partial charge in [0.25, 0.3) is 0 Å². The van der Waals surface area contributed by atoms with Crippen LogP contribution in [0.1, 0.15) is 6.92 Å². The van der Waals surface area contributed by atoms with Crippen molar-refractivity contribution in [1.29, 1.82) is 0 Å². The van der Waals surface area contributed by atoms with Crippen LogP contribution in [-0.4, -0.2) is 17.8 Å². The summed E-state index contributed by atoms with van der Waals surface area (Å²) in [5, 5.41) is 0. The van der Waals surface area contributed by atoms with Gasteiger partial charge in [0.2, 0.25) is 5.91 Å². The summed E-state index contributed by atoms with van der Waals surface area (Å²) in [6, 6.07) is 9.58. The van der Waals surface area contributed by atoms with Gasteiger partial charge in [-0.2, -0.15) is 0 Å². The average Bonchev–Trinajstić information content (AvgIpc) is 2.17. The molecule has 0 radical (unpaired) electrons. The molecule has 3 heteroatoms. The van der Waals surface area contributed by atoms with Gasteiger partial charge in [0.1, 0.15) is 0 Å².